The first-order valence-corrected chi connectivity index (χ1v) is 6.63. The third kappa shape index (κ3) is 2.67. The molecule has 5 nitrogen and oxygen atoms in total. The highest BCUT2D eigenvalue weighted by molar-refractivity contribution is 5.87. The molecule has 0 spiro atoms. The van der Waals surface area contributed by atoms with E-state index in [1.54, 1.807) is 12.0 Å². The molecule has 0 radical (unpaired) electrons. The Bertz CT molecular complexity index is 514. The molecular formula is C15H19NO4. The van der Waals surface area contributed by atoms with E-state index in [9.17, 15) is 14.7 Å². The van der Waals surface area contributed by atoms with Gasteiger partial charge in [-0.05, 0) is 18.1 Å². The zero-order valence-corrected chi connectivity index (χ0v) is 11.7. The van der Waals surface area contributed by atoms with E-state index in [2.05, 4.69) is 0 Å². The molecule has 0 bridgehead atoms. The second-order valence-electron chi connectivity index (χ2n) is 5.03. The number of hydrogen-bond donors (Lipinski definition) is 1. The molecule has 2 rings (SSSR count). The van der Waals surface area contributed by atoms with Crippen molar-refractivity contribution in [2.75, 3.05) is 20.3 Å². The van der Waals surface area contributed by atoms with Crippen LogP contribution in [-0.2, 0) is 14.3 Å². The van der Waals surface area contributed by atoms with Crippen molar-refractivity contribution in [1.29, 1.82) is 0 Å². The smallest absolute Gasteiger partial charge is 0.309 e. The average molecular weight is 277 g/mol. The lowest BCUT2D eigenvalue weighted by Gasteiger charge is -2.28. The molecule has 108 valence electrons. The van der Waals surface area contributed by atoms with Crippen LogP contribution < -0.4 is 0 Å². The van der Waals surface area contributed by atoms with Crippen molar-refractivity contribution in [3.05, 3.63) is 35.4 Å². The van der Waals surface area contributed by atoms with E-state index in [0.29, 0.717) is 13.2 Å². The molecule has 1 N–H and O–H groups in total. The number of likely N-dealkylation sites (tertiary alicyclic amines) is 1. The highest BCUT2D eigenvalue weighted by Gasteiger charge is 2.44. The Labute approximate surface area is 118 Å². The SMILES string of the molecule is COCCN1C(=O)C[C@H](C(=O)O)[C@H]1c1ccccc1C. The predicted molar refractivity (Wildman–Crippen MR) is 73.3 cm³/mol. The number of carbonyl (C=O) groups is 2. The van der Waals surface area contributed by atoms with Crippen molar-refractivity contribution in [2.24, 2.45) is 5.92 Å². The van der Waals surface area contributed by atoms with Gasteiger partial charge in [-0.1, -0.05) is 24.3 Å². The molecule has 5 heteroatoms. The molecule has 1 saturated heterocycles. The maximum Gasteiger partial charge on any atom is 0.309 e. The van der Waals surface area contributed by atoms with Gasteiger partial charge in [-0.2, -0.15) is 0 Å². The number of aliphatic carboxylic acids is 1. The van der Waals surface area contributed by atoms with Crippen molar-refractivity contribution < 1.29 is 19.4 Å². The molecule has 1 fully saturated rings. The molecule has 0 saturated carbocycles. The minimum atomic E-state index is -0.925. The van der Waals surface area contributed by atoms with E-state index >= 15 is 0 Å². The van der Waals surface area contributed by atoms with Crippen LogP contribution in [-0.4, -0.2) is 42.1 Å². The summed E-state index contributed by atoms with van der Waals surface area (Å²) in [6, 6.07) is 7.21. The van der Waals surface area contributed by atoms with Crippen LogP contribution >= 0.6 is 0 Å². The maximum atomic E-state index is 12.1. The molecule has 1 aliphatic rings. The van der Waals surface area contributed by atoms with Crippen molar-refractivity contribution in [1.82, 2.24) is 4.90 Å². The quantitative estimate of drug-likeness (QED) is 0.888. The Morgan fingerprint density at radius 1 is 1.45 bits per heavy atom. The first kappa shape index (κ1) is 14.5. The number of carboxylic acids is 1. The first-order valence-electron chi connectivity index (χ1n) is 6.63. The van der Waals surface area contributed by atoms with Crippen molar-refractivity contribution in [2.45, 2.75) is 19.4 Å². The number of ether oxygens (including phenoxy) is 1. The summed E-state index contributed by atoms with van der Waals surface area (Å²) in [5, 5.41) is 9.39. The standard InChI is InChI=1S/C15H19NO4/c1-10-5-3-4-6-11(10)14-12(15(18)19)9-13(17)16(14)7-8-20-2/h3-6,12,14H,7-9H2,1-2H3,(H,18,19)/t12-,14+/m0/s1. The van der Waals surface area contributed by atoms with E-state index in [4.69, 9.17) is 4.74 Å². The third-order valence-electron chi connectivity index (χ3n) is 3.79. The van der Waals surface area contributed by atoms with E-state index in [0.717, 1.165) is 11.1 Å². The number of carboxylic acid groups (broad SMARTS) is 1. The van der Waals surface area contributed by atoms with Gasteiger partial charge in [-0.15, -0.1) is 0 Å². The van der Waals surface area contributed by atoms with Gasteiger partial charge < -0.3 is 14.7 Å². The Balaban J connectivity index is 2.38. The van der Waals surface area contributed by atoms with Gasteiger partial charge >= 0.3 is 5.97 Å². The van der Waals surface area contributed by atoms with Crippen LogP contribution in [0.15, 0.2) is 24.3 Å². The van der Waals surface area contributed by atoms with Crippen LogP contribution in [0.5, 0.6) is 0 Å². The van der Waals surface area contributed by atoms with Crippen LogP contribution in [0.2, 0.25) is 0 Å². The maximum absolute atomic E-state index is 12.1. The largest absolute Gasteiger partial charge is 0.481 e. The molecule has 2 atom stereocenters. The monoisotopic (exact) mass is 277 g/mol. The predicted octanol–water partition coefficient (Wildman–Crippen LogP) is 1.62. The molecule has 1 aromatic rings. The number of methoxy groups -OCH3 is 1. The lowest BCUT2D eigenvalue weighted by atomic mass is 9.91. The summed E-state index contributed by atoms with van der Waals surface area (Å²) in [6.45, 7) is 2.75. The van der Waals surface area contributed by atoms with Gasteiger partial charge in [-0.25, -0.2) is 0 Å². The van der Waals surface area contributed by atoms with Gasteiger partial charge in [0.25, 0.3) is 0 Å². The number of hydrogen-bond acceptors (Lipinski definition) is 3. The Morgan fingerprint density at radius 2 is 2.15 bits per heavy atom. The van der Waals surface area contributed by atoms with Crippen LogP contribution in [0.25, 0.3) is 0 Å². The summed E-state index contributed by atoms with van der Waals surface area (Å²) in [5.74, 6) is -1.74. The Kier molecular flexibility index (Phi) is 4.39. The van der Waals surface area contributed by atoms with E-state index in [1.165, 1.54) is 0 Å². The summed E-state index contributed by atoms with van der Waals surface area (Å²) >= 11 is 0. The average Bonchev–Trinajstić information content (AvgIpc) is 2.74. The zero-order chi connectivity index (χ0) is 14.7. The molecular weight excluding hydrogens is 258 g/mol. The minimum Gasteiger partial charge on any atom is -0.481 e. The summed E-state index contributed by atoms with van der Waals surface area (Å²) in [4.78, 5) is 25.2. The number of rotatable bonds is 5. The topological polar surface area (TPSA) is 66.8 Å². The fourth-order valence-corrected chi connectivity index (χ4v) is 2.77. The van der Waals surface area contributed by atoms with Crippen molar-refractivity contribution in [3.63, 3.8) is 0 Å². The first-order chi connectivity index (χ1) is 9.56. The molecule has 1 aromatic carbocycles. The molecule has 1 aliphatic heterocycles. The summed E-state index contributed by atoms with van der Waals surface area (Å²) < 4.78 is 5.02. The molecule has 20 heavy (non-hydrogen) atoms. The fourth-order valence-electron chi connectivity index (χ4n) is 2.77. The van der Waals surface area contributed by atoms with Crippen LogP contribution in [0.4, 0.5) is 0 Å². The second-order valence-corrected chi connectivity index (χ2v) is 5.03. The number of aryl methyl sites for hydroxylation is 1. The summed E-state index contributed by atoms with van der Waals surface area (Å²) in [7, 11) is 1.57. The second kappa shape index (κ2) is 6.05. The molecule has 0 aromatic heterocycles. The van der Waals surface area contributed by atoms with E-state index in [1.807, 2.05) is 31.2 Å². The number of amides is 1. The number of benzene rings is 1. The van der Waals surface area contributed by atoms with Gasteiger partial charge in [0.05, 0.1) is 18.6 Å². The van der Waals surface area contributed by atoms with Gasteiger partial charge in [0.15, 0.2) is 0 Å². The third-order valence-corrected chi connectivity index (χ3v) is 3.79. The van der Waals surface area contributed by atoms with E-state index in [-0.39, 0.29) is 12.3 Å². The van der Waals surface area contributed by atoms with Crippen LogP contribution in [0.1, 0.15) is 23.6 Å². The normalized spacial score (nSPS) is 22.3. The number of carbonyl (C=O) groups excluding carboxylic acids is 1. The lowest BCUT2D eigenvalue weighted by Crippen LogP contribution is -2.33. The van der Waals surface area contributed by atoms with E-state index < -0.39 is 17.9 Å². The van der Waals surface area contributed by atoms with Gasteiger partial charge in [0.2, 0.25) is 5.91 Å². The molecule has 0 aliphatic carbocycles. The molecule has 0 unspecified atom stereocenters. The Hall–Kier alpha value is -1.88. The summed E-state index contributed by atoms with van der Waals surface area (Å²) in [5.41, 5.74) is 1.91. The fraction of sp³-hybridized carbons (Fsp3) is 0.467. The van der Waals surface area contributed by atoms with Gasteiger partial charge in [0.1, 0.15) is 0 Å². The highest BCUT2D eigenvalue weighted by atomic mass is 16.5. The minimum absolute atomic E-state index is 0.0536. The van der Waals surface area contributed by atoms with Gasteiger partial charge in [0, 0.05) is 20.1 Å². The lowest BCUT2D eigenvalue weighted by molar-refractivity contribution is -0.142. The zero-order valence-electron chi connectivity index (χ0n) is 11.7. The summed E-state index contributed by atoms with van der Waals surface area (Å²) in [6.07, 6.45) is 0.0536. The van der Waals surface area contributed by atoms with Crippen molar-refractivity contribution in [3.8, 4) is 0 Å². The highest BCUT2D eigenvalue weighted by Crippen LogP contribution is 2.39. The number of nitrogens with zero attached hydrogens (tertiary/aromatic N) is 1. The van der Waals surface area contributed by atoms with Gasteiger partial charge in [-0.3, -0.25) is 9.59 Å². The Morgan fingerprint density at radius 3 is 2.75 bits per heavy atom. The van der Waals surface area contributed by atoms with Crippen LogP contribution in [0.3, 0.4) is 0 Å². The van der Waals surface area contributed by atoms with Crippen molar-refractivity contribution >= 4 is 11.9 Å². The molecule has 1 heterocycles. The molecule has 1 amide bonds. The van der Waals surface area contributed by atoms with Crippen LogP contribution in [0, 0.1) is 12.8 Å².